The van der Waals surface area contributed by atoms with Gasteiger partial charge in [0.2, 0.25) is 0 Å². The van der Waals surface area contributed by atoms with Crippen molar-refractivity contribution in [1.29, 1.82) is 0 Å². The number of furan rings is 2. The molecule has 0 spiro atoms. The lowest BCUT2D eigenvalue weighted by Crippen LogP contribution is -1.74. The Morgan fingerprint density at radius 1 is 0.433 bits per heavy atom. The van der Waals surface area contributed by atoms with Gasteiger partial charge < -0.3 is 19.0 Å². The van der Waals surface area contributed by atoms with Crippen molar-refractivity contribution in [3.05, 3.63) is 72.8 Å². The van der Waals surface area contributed by atoms with E-state index in [0.717, 1.165) is 54.3 Å². The molecular weight excluding hydrogens is 376 g/mol. The number of phenolic OH excluding ortho intramolecular Hbond substituents is 2. The van der Waals surface area contributed by atoms with Crippen LogP contribution in [-0.2, 0) is 0 Å². The van der Waals surface area contributed by atoms with Crippen molar-refractivity contribution in [1.82, 2.24) is 0 Å². The summed E-state index contributed by atoms with van der Waals surface area (Å²) in [6, 6.07) is 22.9. The average molecular weight is 390 g/mol. The Morgan fingerprint density at radius 3 is 1.37 bits per heavy atom. The SMILES string of the molecule is Oc1ccc2cc3c(cc2c1)oc1c3ccc2c3cc4ccc(O)cc4cc3oc21. The van der Waals surface area contributed by atoms with Crippen LogP contribution in [0.25, 0.3) is 65.4 Å². The van der Waals surface area contributed by atoms with Gasteiger partial charge in [0, 0.05) is 21.5 Å². The van der Waals surface area contributed by atoms with Crippen molar-refractivity contribution in [2.45, 2.75) is 0 Å². The zero-order valence-corrected chi connectivity index (χ0v) is 15.6. The van der Waals surface area contributed by atoms with E-state index in [-0.39, 0.29) is 11.5 Å². The largest absolute Gasteiger partial charge is 0.508 e. The summed E-state index contributed by atoms with van der Waals surface area (Å²) < 4.78 is 12.5. The molecule has 0 saturated carbocycles. The molecule has 0 aliphatic carbocycles. The highest BCUT2D eigenvalue weighted by Crippen LogP contribution is 2.41. The van der Waals surface area contributed by atoms with Gasteiger partial charge in [0.05, 0.1) is 0 Å². The van der Waals surface area contributed by atoms with Gasteiger partial charge in [-0.1, -0.05) is 12.1 Å². The first-order chi connectivity index (χ1) is 14.6. The summed E-state index contributed by atoms with van der Waals surface area (Å²) in [7, 11) is 0. The molecule has 142 valence electrons. The fourth-order valence-electron chi connectivity index (χ4n) is 4.53. The number of hydrogen-bond acceptors (Lipinski definition) is 4. The summed E-state index contributed by atoms with van der Waals surface area (Å²) >= 11 is 0. The van der Waals surface area contributed by atoms with Crippen LogP contribution in [0.5, 0.6) is 11.5 Å². The Hall–Kier alpha value is -4.18. The van der Waals surface area contributed by atoms with Crippen LogP contribution in [0.15, 0.2) is 81.6 Å². The van der Waals surface area contributed by atoms with Gasteiger partial charge in [-0.15, -0.1) is 0 Å². The Labute approximate surface area is 169 Å². The molecule has 0 aliphatic heterocycles. The van der Waals surface area contributed by atoms with E-state index in [0.29, 0.717) is 11.2 Å². The summed E-state index contributed by atoms with van der Waals surface area (Å²) in [5.41, 5.74) is 2.94. The second-order valence-corrected chi connectivity index (χ2v) is 7.78. The molecule has 2 aromatic heterocycles. The maximum Gasteiger partial charge on any atom is 0.178 e. The van der Waals surface area contributed by atoms with Crippen LogP contribution in [0, 0.1) is 0 Å². The molecule has 30 heavy (non-hydrogen) atoms. The minimum atomic E-state index is 0.232. The van der Waals surface area contributed by atoms with Crippen molar-refractivity contribution in [2.24, 2.45) is 0 Å². The number of rotatable bonds is 0. The van der Waals surface area contributed by atoms with Crippen LogP contribution >= 0.6 is 0 Å². The first-order valence-corrected chi connectivity index (χ1v) is 9.71. The molecule has 0 bridgehead atoms. The number of benzene rings is 5. The van der Waals surface area contributed by atoms with Crippen molar-refractivity contribution < 1.29 is 19.0 Å². The lowest BCUT2D eigenvalue weighted by atomic mass is 10.0. The summed E-state index contributed by atoms with van der Waals surface area (Å²) in [6.45, 7) is 0. The second-order valence-electron chi connectivity index (χ2n) is 7.78. The first kappa shape index (κ1) is 15.7. The zero-order valence-electron chi connectivity index (χ0n) is 15.6. The van der Waals surface area contributed by atoms with E-state index in [1.54, 1.807) is 24.3 Å². The third-order valence-electron chi connectivity index (χ3n) is 5.96. The minimum absolute atomic E-state index is 0.232. The van der Waals surface area contributed by atoms with Crippen LogP contribution < -0.4 is 0 Å². The summed E-state index contributed by atoms with van der Waals surface area (Å²) in [6.07, 6.45) is 0. The van der Waals surface area contributed by atoms with Crippen molar-refractivity contribution in [3.8, 4) is 11.5 Å². The van der Waals surface area contributed by atoms with Gasteiger partial charge in [0.1, 0.15) is 22.7 Å². The van der Waals surface area contributed by atoms with Crippen LogP contribution in [0.4, 0.5) is 0 Å². The molecule has 4 nitrogen and oxygen atoms in total. The van der Waals surface area contributed by atoms with E-state index in [1.807, 2.05) is 24.3 Å². The monoisotopic (exact) mass is 390 g/mol. The van der Waals surface area contributed by atoms with Crippen LogP contribution in [0.1, 0.15) is 0 Å². The maximum atomic E-state index is 9.80. The Balaban J connectivity index is 1.61. The normalized spacial score (nSPS) is 12.3. The third-order valence-corrected chi connectivity index (χ3v) is 5.96. The minimum Gasteiger partial charge on any atom is -0.508 e. The number of fused-ring (bicyclic) bond motifs is 9. The fourth-order valence-corrected chi connectivity index (χ4v) is 4.53. The highest BCUT2D eigenvalue weighted by molar-refractivity contribution is 6.21. The van der Waals surface area contributed by atoms with Crippen LogP contribution in [-0.4, -0.2) is 10.2 Å². The highest BCUT2D eigenvalue weighted by atomic mass is 16.4. The van der Waals surface area contributed by atoms with Gasteiger partial charge in [-0.05, 0) is 82.2 Å². The Kier molecular flexibility index (Phi) is 2.75. The van der Waals surface area contributed by atoms with E-state index in [1.165, 1.54) is 0 Å². The van der Waals surface area contributed by atoms with Crippen molar-refractivity contribution in [3.63, 3.8) is 0 Å². The fraction of sp³-hybridized carbons (Fsp3) is 0. The molecule has 0 amide bonds. The molecule has 0 fully saturated rings. The molecular formula is C26H14O4. The zero-order chi connectivity index (χ0) is 20.0. The van der Waals surface area contributed by atoms with E-state index < -0.39 is 0 Å². The molecule has 0 unspecified atom stereocenters. The Bertz CT molecular complexity index is 1680. The number of aromatic hydroxyl groups is 2. The van der Waals surface area contributed by atoms with E-state index in [2.05, 4.69) is 24.3 Å². The number of hydrogen-bond donors (Lipinski definition) is 2. The lowest BCUT2D eigenvalue weighted by Gasteiger charge is -1.99. The molecule has 0 aliphatic rings. The summed E-state index contributed by atoms with van der Waals surface area (Å²) in [5, 5.41) is 27.5. The predicted octanol–water partition coefficient (Wildman–Crippen LogP) is 7.20. The van der Waals surface area contributed by atoms with Crippen LogP contribution in [0.3, 0.4) is 0 Å². The van der Waals surface area contributed by atoms with Crippen molar-refractivity contribution in [2.75, 3.05) is 0 Å². The average Bonchev–Trinajstić information content (AvgIpc) is 3.27. The van der Waals surface area contributed by atoms with Gasteiger partial charge in [-0.2, -0.15) is 0 Å². The van der Waals surface area contributed by atoms with Crippen molar-refractivity contribution >= 4 is 65.4 Å². The van der Waals surface area contributed by atoms with Gasteiger partial charge >= 0.3 is 0 Å². The molecule has 0 atom stereocenters. The molecule has 4 heteroatoms. The molecule has 7 rings (SSSR count). The van der Waals surface area contributed by atoms with Crippen LogP contribution in [0.2, 0.25) is 0 Å². The van der Waals surface area contributed by atoms with Gasteiger partial charge in [-0.3, -0.25) is 0 Å². The van der Waals surface area contributed by atoms with Gasteiger partial charge in [0.15, 0.2) is 11.2 Å². The molecule has 0 saturated heterocycles. The molecule has 0 radical (unpaired) electrons. The van der Waals surface area contributed by atoms with E-state index in [4.69, 9.17) is 8.83 Å². The molecule has 7 aromatic rings. The van der Waals surface area contributed by atoms with E-state index in [9.17, 15) is 10.2 Å². The third kappa shape index (κ3) is 2.00. The highest BCUT2D eigenvalue weighted by Gasteiger charge is 2.17. The first-order valence-electron chi connectivity index (χ1n) is 9.71. The molecule has 2 heterocycles. The molecule has 2 N–H and O–H groups in total. The smallest absolute Gasteiger partial charge is 0.178 e. The van der Waals surface area contributed by atoms with E-state index >= 15 is 0 Å². The summed E-state index contributed by atoms with van der Waals surface area (Å²) in [4.78, 5) is 0. The second kappa shape index (κ2) is 5.24. The number of phenols is 2. The standard InChI is InChI=1S/C26H14O4/c27-17-3-1-13-9-21-19-5-6-20-22-10-14-2-4-18(28)8-16(14)12-24(22)30-26(20)25(19)29-23(21)11-15(13)7-17/h1-12,27-28H. The topological polar surface area (TPSA) is 66.7 Å². The Morgan fingerprint density at radius 2 is 0.900 bits per heavy atom. The quantitative estimate of drug-likeness (QED) is 0.287. The van der Waals surface area contributed by atoms with Gasteiger partial charge in [-0.25, -0.2) is 0 Å². The summed E-state index contributed by atoms with van der Waals surface area (Å²) in [5.74, 6) is 0.464. The predicted molar refractivity (Wildman–Crippen MR) is 119 cm³/mol. The lowest BCUT2D eigenvalue weighted by molar-refractivity contribution is 0.475. The van der Waals surface area contributed by atoms with Gasteiger partial charge in [0.25, 0.3) is 0 Å². The maximum absolute atomic E-state index is 9.80. The molecule has 5 aromatic carbocycles.